The molecule has 1 aliphatic rings. The minimum absolute atomic E-state index is 0.186. The number of fused-ring (bicyclic) bond motifs is 4. The van der Waals surface area contributed by atoms with Crippen molar-refractivity contribution in [2.45, 2.75) is 25.9 Å². The van der Waals surface area contributed by atoms with E-state index >= 15 is 0 Å². The zero-order chi connectivity index (χ0) is 22.4. The van der Waals surface area contributed by atoms with Crippen molar-refractivity contribution < 1.29 is 14.3 Å². The topological polar surface area (TPSA) is 87.4 Å². The van der Waals surface area contributed by atoms with Gasteiger partial charge in [-0.2, -0.15) is 5.10 Å². The summed E-state index contributed by atoms with van der Waals surface area (Å²) in [6.07, 6.45) is 1.68. The van der Waals surface area contributed by atoms with Crippen LogP contribution in [0.3, 0.4) is 0 Å². The second-order valence-electron chi connectivity index (χ2n) is 8.03. The largest absolute Gasteiger partial charge is 0.486 e. The van der Waals surface area contributed by atoms with E-state index < -0.39 is 6.04 Å². The Bertz CT molecular complexity index is 1400. The van der Waals surface area contributed by atoms with Crippen molar-refractivity contribution in [3.63, 3.8) is 0 Å². The van der Waals surface area contributed by atoms with Crippen LogP contribution in [-0.2, 0) is 11.8 Å². The first-order chi connectivity index (χ1) is 15.5. The SMILES string of the molecule is C[C@@H](NC(=O)[C@H](C)n1c2ccccc2c2cnn(C)c(=O)c21)c1ccc2c(c1)OCCO2. The van der Waals surface area contributed by atoms with Crippen LogP contribution >= 0.6 is 0 Å². The Labute approximate surface area is 184 Å². The second-order valence-corrected chi connectivity index (χ2v) is 8.03. The van der Waals surface area contributed by atoms with Gasteiger partial charge in [0.05, 0.1) is 17.8 Å². The quantitative estimate of drug-likeness (QED) is 0.536. The number of ether oxygens (including phenoxy) is 2. The summed E-state index contributed by atoms with van der Waals surface area (Å²) >= 11 is 0. The summed E-state index contributed by atoms with van der Waals surface area (Å²) in [6, 6.07) is 12.5. The Morgan fingerprint density at radius 2 is 1.81 bits per heavy atom. The minimum Gasteiger partial charge on any atom is -0.486 e. The van der Waals surface area contributed by atoms with Gasteiger partial charge >= 0.3 is 0 Å². The molecule has 0 aliphatic carbocycles. The zero-order valence-electron chi connectivity index (χ0n) is 18.2. The zero-order valence-corrected chi connectivity index (χ0v) is 18.2. The first-order valence-electron chi connectivity index (χ1n) is 10.6. The van der Waals surface area contributed by atoms with Crippen LogP contribution in [0.5, 0.6) is 11.5 Å². The van der Waals surface area contributed by atoms with Crippen LogP contribution in [0.2, 0.25) is 0 Å². The van der Waals surface area contributed by atoms with Gasteiger partial charge in [-0.1, -0.05) is 24.3 Å². The van der Waals surface area contributed by atoms with Gasteiger partial charge in [0.2, 0.25) is 5.91 Å². The fourth-order valence-electron chi connectivity index (χ4n) is 4.25. The molecule has 1 aliphatic heterocycles. The van der Waals surface area contributed by atoms with Crippen LogP contribution in [0, 0.1) is 0 Å². The highest BCUT2D eigenvalue weighted by Crippen LogP contribution is 2.33. The van der Waals surface area contributed by atoms with Gasteiger partial charge in [-0.05, 0) is 37.6 Å². The number of aromatic nitrogens is 3. The Balaban J connectivity index is 1.50. The van der Waals surface area contributed by atoms with Crippen LogP contribution in [0.25, 0.3) is 21.8 Å². The molecule has 0 radical (unpaired) electrons. The average Bonchev–Trinajstić information content (AvgIpc) is 3.15. The molecule has 8 nitrogen and oxygen atoms in total. The molecule has 5 rings (SSSR count). The Kier molecular flexibility index (Phi) is 4.84. The molecule has 2 aromatic carbocycles. The highest BCUT2D eigenvalue weighted by Gasteiger charge is 2.25. The fraction of sp³-hybridized carbons (Fsp3) is 0.292. The van der Waals surface area contributed by atoms with E-state index in [4.69, 9.17) is 9.47 Å². The van der Waals surface area contributed by atoms with Crippen LogP contribution in [0.4, 0.5) is 0 Å². The molecule has 1 N–H and O–H groups in total. The lowest BCUT2D eigenvalue weighted by atomic mass is 10.1. The normalized spacial score (nSPS) is 15.0. The van der Waals surface area contributed by atoms with E-state index in [0.29, 0.717) is 30.2 Å². The predicted molar refractivity (Wildman–Crippen MR) is 121 cm³/mol. The summed E-state index contributed by atoms with van der Waals surface area (Å²) in [6.45, 7) is 4.76. The summed E-state index contributed by atoms with van der Waals surface area (Å²) in [5.41, 5.74) is 1.97. The molecule has 0 fully saturated rings. The number of carbonyl (C=O) groups excluding carboxylic acids is 1. The Morgan fingerprint density at radius 1 is 1.06 bits per heavy atom. The maximum Gasteiger partial charge on any atom is 0.291 e. The highest BCUT2D eigenvalue weighted by atomic mass is 16.6. The second kappa shape index (κ2) is 7.71. The lowest BCUT2D eigenvalue weighted by Gasteiger charge is -2.23. The number of rotatable bonds is 4. The first-order valence-corrected chi connectivity index (χ1v) is 10.6. The molecular weight excluding hydrogens is 408 g/mol. The van der Waals surface area contributed by atoms with E-state index in [9.17, 15) is 9.59 Å². The number of carbonyl (C=O) groups is 1. The summed E-state index contributed by atoms with van der Waals surface area (Å²) in [5.74, 6) is 1.21. The van der Waals surface area contributed by atoms with Gasteiger partial charge in [0.25, 0.3) is 5.56 Å². The molecule has 164 valence electrons. The fourth-order valence-corrected chi connectivity index (χ4v) is 4.25. The van der Waals surface area contributed by atoms with Crippen molar-refractivity contribution in [1.29, 1.82) is 0 Å². The third-order valence-electron chi connectivity index (χ3n) is 6.00. The number of hydrogen-bond donors (Lipinski definition) is 1. The molecule has 0 spiro atoms. The lowest BCUT2D eigenvalue weighted by Crippen LogP contribution is -2.34. The molecule has 1 amide bonds. The van der Waals surface area contributed by atoms with Gasteiger partial charge in [-0.25, -0.2) is 4.68 Å². The van der Waals surface area contributed by atoms with Gasteiger partial charge in [-0.3, -0.25) is 9.59 Å². The Morgan fingerprint density at radius 3 is 2.62 bits per heavy atom. The molecule has 0 unspecified atom stereocenters. The average molecular weight is 432 g/mol. The van der Waals surface area contributed by atoms with Gasteiger partial charge in [0, 0.05) is 17.8 Å². The van der Waals surface area contributed by atoms with E-state index in [1.54, 1.807) is 24.7 Å². The number of benzene rings is 2. The molecular formula is C24H24N4O4. The van der Waals surface area contributed by atoms with E-state index in [1.807, 2.05) is 49.4 Å². The van der Waals surface area contributed by atoms with Crippen LogP contribution in [0.15, 0.2) is 53.5 Å². The highest BCUT2D eigenvalue weighted by molar-refractivity contribution is 6.08. The number of para-hydroxylation sites is 1. The lowest BCUT2D eigenvalue weighted by molar-refractivity contribution is -0.124. The summed E-state index contributed by atoms with van der Waals surface area (Å²) < 4.78 is 14.3. The van der Waals surface area contributed by atoms with E-state index in [1.165, 1.54) is 4.68 Å². The molecule has 8 heteroatoms. The number of hydrogen-bond acceptors (Lipinski definition) is 5. The van der Waals surface area contributed by atoms with Crippen molar-refractivity contribution in [2.24, 2.45) is 7.05 Å². The third-order valence-corrected chi connectivity index (χ3v) is 6.00. The summed E-state index contributed by atoms with van der Waals surface area (Å²) in [7, 11) is 1.61. The van der Waals surface area contributed by atoms with Crippen molar-refractivity contribution >= 4 is 27.7 Å². The van der Waals surface area contributed by atoms with Crippen molar-refractivity contribution in [3.8, 4) is 11.5 Å². The maximum absolute atomic E-state index is 13.3. The molecule has 0 bridgehead atoms. The molecule has 0 saturated carbocycles. The predicted octanol–water partition coefficient (Wildman–Crippen LogP) is 3.10. The van der Waals surface area contributed by atoms with Crippen LogP contribution < -0.4 is 20.3 Å². The summed E-state index contributed by atoms with van der Waals surface area (Å²) in [4.78, 5) is 26.2. The molecule has 2 aromatic heterocycles. The number of aryl methyl sites for hydroxylation is 1. The van der Waals surface area contributed by atoms with Crippen molar-refractivity contribution in [1.82, 2.24) is 19.7 Å². The maximum atomic E-state index is 13.3. The van der Waals surface area contributed by atoms with Gasteiger partial charge < -0.3 is 19.4 Å². The van der Waals surface area contributed by atoms with Gasteiger partial charge in [0.15, 0.2) is 11.5 Å². The third kappa shape index (κ3) is 3.19. The molecule has 3 heterocycles. The number of amides is 1. The minimum atomic E-state index is -0.604. The van der Waals surface area contributed by atoms with E-state index in [0.717, 1.165) is 21.9 Å². The standard InChI is InChI=1S/C24H24N4O4/c1-14(16-8-9-20-21(12-16)32-11-10-31-20)26-23(29)15(2)28-19-7-5-4-6-17(19)18-13-25-27(3)24(30)22(18)28/h4-9,12-15H,10-11H2,1-3H3,(H,26,29)/t14-,15+/m1/s1. The molecule has 32 heavy (non-hydrogen) atoms. The first kappa shape index (κ1) is 20.1. The monoisotopic (exact) mass is 432 g/mol. The van der Waals surface area contributed by atoms with Crippen LogP contribution in [-0.4, -0.2) is 33.5 Å². The summed E-state index contributed by atoms with van der Waals surface area (Å²) in [5, 5.41) is 8.87. The number of nitrogens with zero attached hydrogens (tertiary/aromatic N) is 3. The molecule has 4 aromatic rings. The van der Waals surface area contributed by atoms with Gasteiger partial charge in [0.1, 0.15) is 24.8 Å². The van der Waals surface area contributed by atoms with Crippen molar-refractivity contribution in [2.75, 3.05) is 13.2 Å². The Hall–Kier alpha value is -3.81. The van der Waals surface area contributed by atoms with Crippen LogP contribution in [0.1, 0.15) is 31.5 Å². The van der Waals surface area contributed by atoms with E-state index in [-0.39, 0.29) is 17.5 Å². The molecule has 2 atom stereocenters. The van der Waals surface area contributed by atoms with E-state index in [2.05, 4.69) is 10.4 Å². The van der Waals surface area contributed by atoms with Gasteiger partial charge in [-0.15, -0.1) is 0 Å². The van der Waals surface area contributed by atoms with Crippen molar-refractivity contribution in [3.05, 3.63) is 64.6 Å². The molecule has 0 saturated heterocycles. The smallest absolute Gasteiger partial charge is 0.291 e. The number of nitrogens with one attached hydrogen (secondary N) is 1.